The maximum Gasteiger partial charge on any atom is 0.334 e. The zero-order valence-corrected chi connectivity index (χ0v) is 9.13. The van der Waals surface area contributed by atoms with Crippen LogP contribution in [0, 0.1) is 5.92 Å². The van der Waals surface area contributed by atoms with Crippen LogP contribution in [0.15, 0.2) is 12.2 Å². The van der Waals surface area contributed by atoms with Gasteiger partial charge in [-0.25, -0.2) is 4.79 Å². The average Bonchev–Trinajstić information content (AvgIpc) is 1.97. The lowest BCUT2D eigenvalue weighted by Gasteiger charge is -2.27. The molecule has 0 spiro atoms. The highest BCUT2D eigenvalue weighted by molar-refractivity contribution is 5.87. The van der Waals surface area contributed by atoms with Gasteiger partial charge >= 0.3 is 5.97 Å². The van der Waals surface area contributed by atoms with Gasteiger partial charge in [-0.15, -0.1) is 0 Å². The van der Waals surface area contributed by atoms with Crippen LogP contribution in [0.1, 0.15) is 20.8 Å². The van der Waals surface area contributed by atoms with Crippen LogP contribution in [0.4, 0.5) is 0 Å². The number of hydrogen-bond acceptors (Lipinski definition) is 3. The van der Waals surface area contributed by atoms with Crippen molar-refractivity contribution in [3.63, 3.8) is 0 Å². The lowest BCUT2D eigenvalue weighted by molar-refractivity contribution is -0.156. The minimum atomic E-state index is -0.326. The third-order valence-electron chi connectivity index (χ3n) is 1.66. The van der Waals surface area contributed by atoms with Crippen molar-refractivity contribution in [2.45, 2.75) is 27.0 Å². The molecule has 0 radical (unpaired) electrons. The van der Waals surface area contributed by atoms with Crippen molar-refractivity contribution < 1.29 is 9.53 Å². The molecule has 0 aromatic rings. The molecule has 0 aromatic carbocycles. The summed E-state index contributed by atoms with van der Waals surface area (Å²) in [5.74, 6) is -0.0503. The summed E-state index contributed by atoms with van der Waals surface area (Å²) in [7, 11) is 3.77. The van der Waals surface area contributed by atoms with E-state index in [1.165, 1.54) is 0 Å². The summed E-state index contributed by atoms with van der Waals surface area (Å²) in [5.41, 5.74) is 0.438. The van der Waals surface area contributed by atoms with E-state index in [-0.39, 0.29) is 18.1 Å². The summed E-state index contributed by atoms with van der Waals surface area (Å²) in [6.07, 6.45) is -0.177. The molecule has 0 bridgehead atoms. The van der Waals surface area contributed by atoms with Gasteiger partial charge in [0.2, 0.25) is 0 Å². The summed E-state index contributed by atoms with van der Waals surface area (Å²) < 4.78 is 5.22. The SMILES string of the molecule is C=C(C)C(=O)OC(C(C)C)N(C)C. The lowest BCUT2D eigenvalue weighted by Crippen LogP contribution is -2.37. The molecule has 3 nitrogen and oxygen atoms in total. The van der Waals surface area contributed by atoms with Gasteiger partial charge in [0.15, 0.2) is 6.23 Å². The molecule has 0 saturated heterocycles. The summed E-state index contributed by atoms with van der Waals surface area (Å²) in [6, 6.07) is 0. The van der Waals surface area contributed by atoms with E-state index in [1.807, 2.05) is 32.8 Å². The topological polar surface area (TPSA) is 29.5 Å². The third-order valence-corrected chi connectivity index (χ3v) is 1.66. The number of nitrogens with zero attached hydrogens (tertiary/aromatic N) is 1. The normalized spacial score (nSPS) is 13.2. The Kier molecular flexibility index (Phi) is 4.70. The summed E-state index contributed by atoms with van der Waals surface area (Å²) in [4.78, 5) is 13.1. The van der Waals surface area contributed by atoms with Gasteiger partial charge in [-0.3, -0.25) is 4.90 Å². The minimum Gasteiger partial charge on any atom is -0.443 e. The Hall–Kier alpha value is -0.830. The summed E-state index contributed by atoms with van der Waals surface area (Å²) in [5, 5.41) is 0. The Balaban J connectivity index is 4.27. The van der Waals surface area contributed by atoms with Crippen LogP contribution in [-0.4, -0.2) is 31.2 Å². The quantitative estimate of drug-likeness (QED) is 0.379. The highest BCUT2D eigenvalue weighted by atomic mass is 16.6. The van der Waals surface area contributed by atoms with E-state index in [2.05, 4.69) is 6.58 Å². The molecule has 0 aliphatic heterocycles. The Morgan fingerprint density at radius 2 is 1.85 bits per heavy atom. The van der Waals surface area contributed by atoms with Gasteiger partial charge in [0.05, 0.1) is 0 Å². The first-order chi connectivity index (χ1) is 5.86. The standard InChI is InChI=1S/C10H19NO2/c1-7(2)9(11(5)6)13-10(12)8(3)4/h7,9H,3H2,1-2,4-6H3. The Labute approximate surface area is 80.4 Å². The van der Waals surface area contributed by atoms with E-state index < -0.39 is 0 Å². The Bertz CT molecular complexity index is 189. The zero-order chi connectivity index (χ0) is 10.6. The second kappa shape index (κ2) is 5.02. The molecule has 0 aliphatic rings. The monoisotopic (exact) mass is 185 g/mol. The highest BCUT2D eigenvalue weighted by Gasteiger charge is 2.20. The van der Waals surface area contributed by atoms with E-state index >= 15 is 0 Å². The first-order valence-corrected chi connectivity index (χ1v) is 4.39. The minimum absolute atomic E-state index is 0.177. The zero-order valence-electron chi connectivity index (χ0n) is 9.13. The van der Waals surface area contributed by atoms with Crippen molar-refractivity contribution in [2.75, 3.05) is 14.1 Å². The van der Waals surface area contributed by atoms with Crippen molar-refractivity contribution >= 4 is 5.97 Å². The molecule has 0 fully saturated rings. The Morgan fingerprint density at radius 3 is 2.08 bits per heavy atom. The summed E-state index contributed by atoms with van der Waals surface area (Å²) >= 11 is 0. The van der Waals surface area contributed by atoms with E-state index in [0.29, 0.717) is 5.57 Å². The van der Waals surface area contributed by atoms with Gasteiger partial charge in [0, 0.05) is 11.5 Å². The van der Waals surface area contributed by atoms with Crippen LogP contribution in [-0.2, 0) is 9.53 Å². The van der Waals surface area contributed by atoms with Crippen molar-refractivity contribution in [1.29, 1.82) is 0 Å². The van der Waals surface area contributed by atoms with Crippen molar-refractivity contribution in [1.82, 2.24) is 4.90 Å². The number of esters is 1. The van der Waals surface area contributed by atoms with Crippen LogP contribution in [0.5, 0.6) is 0 Å². The van der Waals surface area contributed by atoms with Crippen molar-refractivity contribution in [3.05, 3.63) is 12.2 Å². The van der Waals surface area contributed by atoms with E-state index in [0.717, 1.165) is 0 Å². The molecular weight excluding hydrogens is 166 g/mol. The molecule has 0 heterocycles. The molecule has 13 heavy (non-hydrogen) atoms. The maximum atomic E-state index is 11.2. The average molecular weight is 185 g/mol. The van der Waals surface area contributed by atoms with Gasteiger partial charge < -0.3 is 4.74 Å². The number of ether oxygens (including phenoxy) is 1. The molecule has 76 valence electrons. The van der Waals surface area contributed by atoms with Gasteiger partial charge in [-0.05, 0) is 21.0 Å². The number of hydrogen-bond donors (Lipinski definition) is 0. The molecule has 1 unspecified atom stereocenters. The van der Waals surface area contributed by atoms with Crippen molar-refractivity contribution in [3.8, 4) is 0 Å². The van der Waals surface area contributed by atoms with Crippen LogP contribution >= 0.6 is 0 Å². The smallest absolute Gasteiger partial charge is 0.334 e. The van der Waals surface area contributed by atoms with E-state index in [9.17, 15) is 4.79 Å². The van der Waals surface area contributed by atoms with Crippen LogP contribution in [0.3, 0.4) is 0 Å². The predicted molar refractivity (Wildman–Crippen MR) is 53.2 cm³/mol. The number of rotatable bonds is 4. The third kappa shape index (κ3) is 4.08. The van der Waals surface area contributed by atoms with E-state index in [4.69, 9.17) is 4.74 Å². The van der Waals surface area contributed by atoms with Crippen molar-refractivity contribution in [2.24, 2.45) is 5.92 Å². The molecule has 1 atom stereocenters. The van der Waals surface area contributed by atoms with E-state index in [1.54, 1.807) is 6.92 Å². The summed E-state index contributed by atoms with van der Waals surface area (Å²) in [6.45, 7) is 9.20. The second-order valence-electron chi connectivity index (χ2n) is 3.78. The molecule has 0 N–H and O–H groups in total. The predicted octanol–water partition coefficient (Wildman–Crippen LogP) is 1.65. The van der Waals surface area contributed by atoms with Crippen LogP contribution in [0.2, 0.25) is 0 Å². The van der Waals surface area contributed by atoms with Gasteiger partial charge in [-0.2, -0.15) is 0 Å². The van der Waals surface area contributed by atoms with Gasteiger partial charge in [0.25, 0.3) is 0 Å². The fourth-order valence-electron chi connectivity index (χ4n) is 1.05. The molecule has 0 aromatic heterocycles. The first kappa shape index (κ1) is 12.2. The number of carbonyl (C=O) groups is 1. The van der Waals surface area contributed by atoms with Crippen LogP contribution < -0.4 is 0 Å². The van der Waals surface area contributed by atoms with Gasteiger partial charge in [0.1, 0.15) is 0 Å². The second-order valence-corrected chi connectivity index (χ2v) is 3.78. The maximum absolute atomic E-state index is 11.2. The number of carbonyl (C=O) groups excluding carboxylic acids is 1. The lowest BCUT2D eigenvalue weighted by atomic mass is 10.2. The molecule has 0 amide bonds. The largest absolute Gasteiger partial charge is 0.443 e. The first-order valence-electron chi connectivity index (χ1n) is 4.39. The molecule has 3 heteroatoms. The fourth-order valence-corrected chi connectivity index (χ4v) is 1.05. The molecule has 0 rings (SSSR count). The van der Waals surface area contributed by atoms with Gasteiger partial charge in [-0.1, -0.05) is 20.4 Å². The fraction of sp³-hybridized carbons (Fsp3) is 0.700. The Morgan fingerprint density at radius 1 is 1.38 bits per heavy atom. The molecular formula is C10H19NO2. The highest BCUT2D eigenvalue weighted by Crippen LogP contribution is 2.10. The molecule has 0 saturated carbocycles. The molecule has 0 aliphatic carbocycles. The van der Waals surface area contributed by atoms with Crippen LogP contribution in [0.25, 0.3) is 0 Å².